The highest BCUT2D eigenvalue weighted by atomic mass is 35.5. The maximum absolute atomic E-state index is 14.1. The molecule has 0 bridgehead atoms. The minimum Gasteiger partial charge on any atom is -0.352 e. The number of anilines is 1. The fraction of sp³-hybridized carbons (Fsp3) is 0.333. The van der Waals surface area contributed by atoms with Crippen LogP contribution in [0.2, 0.25) is 10.0 Å². The maximum atomic E-state index is 14.1. The van der Waals surface area contributed by atoms with Crippen molar-refractivity contribution < 1.29 is 22.4 Å². The first kappa shape index (κ1) is 30.8. The van der Waals surface area contributed by atoms with E-state index in [0.717, 1.165) is 54.3 Å². The number of sulfonamides is 1. The van der Waals surface area contributed by atoms with Gasteiger partial charge in [-0.05, 0) is 73.4 Å². The second kappa shape index (κ2) is 13.7. The quantitative estimate of drug-likeness (QED) is 0.277. The van der Waals surface area contributed by atoms with Gasteiger partial charge in [0.2, 0.25) is 11.8 Å². The van der Waals surface area contributed by atoms with Crippen LogP contribution < -0.4 is 9.62 Å². The standard InChI is InChI=1S/C30H32Cl2FN3O4S/c1-2-28(30(38)34-24-8-6-7-9-24)35(19-21-12-13-22(31)18-27(21)32)29(37)20-36(25-10-4-3-5-11-25)41(39,40)26-16-14-23(33)15-17-26/h3-5,10-18,24,28H,2,6-9,19-20H2,1H3,(H,34,38)/t28-/m0/s1. The van der Waals surface area contributed by atoms with E-state index in [0.29, 0.717) is 22.0 Å². The Bertz CT molecular complexity index is 1470. The first-order chi connectivity index (χ1) is 19.6. The molecule has 3 aromatic rings. The van der Waals surface area contributed by atoms with E-state index in [9.17, 15) is 22.4 Å². The van der Waals surface area contributed by atoms with Gasteiger partial charge < -0.3 is 10.2 Å². The molecule has 41 heavy (non-hydrogen) atoms. The summed E-state index contributed by atoms with van der Waals surface area (Å²) >= 11 is 12.5. The van der Waals surface area contributed by atoms with Crippen LogP contribution in [0, 0.1) is 5.82 Å². The summed E-state index contributed by atoms with van der Waals surface area (Å²) in [7, 11) is -4.28. The number of rotatable bonds is 11. The molecule has 7 nitrogen and oxygen atoms in total. The summed E-state index contributed by atoms with van der Waals surface area (Å²) in [6, 6.07) is 16.6. The average molecular weight is 621 g/mol. The number of hydrogen-bond donors (Lipinski definition) is 1. The van der Waals surface area contributed by atoms with E-state index in [4.69, 9.17) is 23.2 Å². The number of amides is 2. The topological polar surface area (TPSA) is 86.8 Å². The van der Waals surface area contributed by atoms with Gasteiger partial charge in [0.05, 0.1) is 10.6 Å². The molecule has 0 spiro atoms. The molecule has 11 heteroatoms. The molecule has 0 heterocycles. The molecule has 1 N–H and O–H groups in total. The van der Waals surface area contributed by atoms with Crippen LogP contribution in [0.25, 0.3) is 0 Å². The largest absolute Gasteiger partial charge is 0.352 e. The maximum Gasteiger partial charge on any atom is 0.264 e. The fourth-order valence-electron chi connectivity index (χ4n) is 4.98. The van der Waals surface area contributed by atoms with Gasteiger partial charge in [-0.25, -0.2) is 12.8 Å². The van der Waals surface area contributed by atoms with Crippen LogP contribution in [0.1, 0.15) is 44.6 Å². The van der Waals surface area contributed by atoms with Gasteiger partial charge in [0, 0.05) is 22.6 Å². The van der Waals surface area contributed by atoms with E-state index in [1.807, 2.05) is 0 Å². The number of hydrogen-bond acceptors (Lipinski definition) is 4. The van der Waals surface area contributed by atoms with E-state index in [-0.39, 0.29) is 29.1 Å². The van der Waals surface area contributed by atoms with Crippen molar-refractivity contribution in [2.75, 3.05) is 10.8 Å². The Morgan fingerprint density at radius 3 is 2.27 bits per heavy atom. The fourth-order valence-corrected chi connectivity index (χ4v) is 6.86. The molecule has 1 aliphatic rings. The summed E-state index contributed by atoms with van der Waals surface area (Å²) in [5.74, 6) is -1.49. The van der Waals surface area contributed by atoms with E-state index in [2.05, 4.69) is 5.32 Å². The lowest BCUT2D eigenvalue weighted by Gasteiger charge is -2.34. The Balaban J connectivity index is 1.71. The van der Waals surface area contributed by atoms with Crippen molar-refractivity contribution >= 4 is 50.7 Å². The molecule has 0 aromatic heterocycles. The van der Waals surface area contributed by atoms with Gasteiger partial charge in [-0.15, -0.1) is 0 Å². The predicted molar refractivity (Wildman–Crippen MR) is 159 cm³/mol. The SMILES string of the molecule is CC[C@@H](C(=O)NC1CCCC1)N(Cc1ccc(Cl)cc1Cl)C(=O)CN(c1ccccc1)S(=O)(=O)c1ccc(F)cc1. The zero-order valence-corrected chi connectivity index (χ0v) is 24.9. The molecular weight excluding hydrogens is 588 g/mol. The molecule has 2 amide bonds. The summed E-state index contributed by atoms with van der Waals surface area (Å²) in [5.41, 5.74) is 0.808. The molecule has 4 rings (SSSR count). The van der Waals surface area contributed by atoms with Gasteiger partial charge in [-0.1, -0.05) is 67.2 Å². The first-order valence-electron chi connectivity index (χ1n) is 13.5. The first-order valence-corrected chi connectivity index (χ1v) is 15.7. The highest BCUT2D eigenvalue weighted by Crippen LogP contribution is 2.27. The summed E-state index contributed by atoms with van der Waals surface area (Å²) in [4.78, 5) is 28.8. The third-order valence-corrected chi connectivity index (χ3v) is 9.54. The predicted octanol–water partition coefficient (Wildman–Crippen LogP) is 6.19. The van der Waals surface area contributed by atoms with Gasteiger partial charge in [-0.2, -0.15) is 0 Å². The lowest BCUT2D eigenvalue weighted by atomic mass is 10.1. The van der Waals surface area contributed by atoms with Crippen LogP contribution in [0.5, 0.6) is 0 Å². The number of nitrogens with one attached hydrogen (secondary N) is 1. The summed E-state index contributed by atoms with van der Waals surface area (Å²) in [6.07, 6.45) is 4.09. The van der Waals surface area contributed by atoms with E-state index in [1.165, 1.54) is 4.90 Å². The normalized spacial score (nSPS) is 14.4. The lowest BCUT2D eigenvalue weighted by Crippen LogP contribution is -2.53. The number of benzene rings is 3. The highest BCUT2D eigenvalue weighted by molar-refractivity contribution is 7.92. The molecule has 3 aromatic carbocycles. The molecule has 1 saturated carbocycles. The van der Waals surface area contributed by atoms with Crippen molar-refractivity contribution in [3.63, 3.8) is 0 Å². The Morgan fingerprint density at radius 1 is 1.00 bits per heavy atom. The lowest BCUT2D eigenvalue weighted by molar-refractivity contribution is -0.140. The summed E-state index contributed by atoms with van der Waals surface area (Å²) < 4.78 is 42.1. The van der Waals surface area contributed by atoms with Crippen molar-refractivity contribution in [3.05, 3.63) is 94.2 Å². The molecule has 218 valence electrons. The number of halogens is 3. The van der Waals surface area contributed by atoms with Crippen molar-refractivity contribution in [2.45, 2.75) is 62.6 Å². The Labute approximate surface area is 250 Å². The van der Waals surface area contributed by atoms with E-state index < -0.39 is 34.3 Å². The van der Waals surface area contributed by atoms with Crippen LogP contribution in [0.15, 0.2) is 77.7 Å². The van der Waals surface area contributed by atoms with Gasteiger partial charge in [-0.3, -0.25) is 13.9 Å². The number of para-hydroxylation sites is 1. The second-order valence-electron chi connectivity index (χ2n) is 9.97. The number of carbonyl (C=O) groups excluding carboxylic acids is 2. The smallest absolute Gasteiger partial charge is 0.264 e. The van der Waals surface area contributed by atoms with Crippen LogP contribution in [0.3, 0.4) is 0 Å². The van der Waals surface area contributed by atoms with Crippen LogP contribution in [-0.2, 0) is 26.2 Å². The van der Waals surface area contributed by atoms with Crippen molar-refractivity contribution in [1.82, 2.24) is 10.2 Å². The Hall–Kier alpha value is -3.14. The highest BCUT2D eigenvalue weighted by Gasteiger charge is 2.34. The van der Waals surface area contributed by atoms with Crippen LogP contribution in [-0.4, -0.2) is 43.8 Å². The average Bonchev–Trinajstić information content (AvgIpc) is 3.46. The molecular formula is C30H32Cl2FN3O4S. The number of nitrogens with zero attached hydrogens (tertiary/aromatic N) is 2. The van der Waals surface area contributed by atoms with Crippen LogP contribution in [0.4, 0.5) is 10.1 Å². The molecule has 1 aliphatic carbocycles. The summed E-state index contributed by atoms with van der Waals surface area (Å²) in [6.45, 7) is 1.17. The molecule has 1 fully saturated rings. The van der Waals surface area contributed by atoms with Crippen molar-refractivity contribution in [1.29, 1.82) is 0 Å². The Morgan fingerprint density at radius 2 is 1.66 bits per heavy atom. The monoisotopic (exact) mass is 619 g/mol. The van der Waals surface area contributed by atoms with Crippen molar-refractivity contribution in [3.8, 4) is 0 Å². The zero-order chi connectivity index (χ0) is 29.6. The van der Waals surface area contributed by atoms with Crippen molar-refractivity contribution in [2.24, 2.45) is 0 Å². The minimum absolute atomic E-state index is 0.0345. The van der Waals surface area contributed by atoms with Gasteiger partial charge in [0.25, 0.3) is 10.0 Å². The third-order valence-electron chi connectivity index (χ3n) is 7.17. The molecule has 0 saturated heterocycles. The van der Waals surface area contributed by atoms with Crippen LogP contribution >= 0.6 is 23.2 Å². The number of carbonyl (C=O) groups is 2. The third kappa shape index (κ3) is 7.58. The van der Waals surface area contributed by atoms with E-state index in [1.54, 1.807) is 55.5 Å². The van der Waals surface area contributed by atoms with Gasteiger partial charge in [0.1, 0.15) is 18.4 Å². The molecule has 0 radical (unpaired) electrons. The second-order valence-corrected chi connectivity index (χ2v) is 12.7. The molecule has 0 unspecified atom stereocenters. The van der Waals surface area contributed by atoms with Gasteiger partial charge in [0.15, 0.2) is 0 Å². The Kier molecular flexibility index (Phi) is 10.3. The molecule has 1 atom stereocenters. The zero-order valence-electron chi connectivity index (χ0n) is 22.6. The minimum atomic E-state index is -4.28. The van der Waals surface area contributed by atoms with E-state index >= 15 is 0 Å². The molecule has 0 aliphatic heterocycles. The summed E-state index contributed by atoms with van der Waals surface area (Å²) in [5, 5.41) is 3.81. The van der Waals surface area contributed by atoms with Gasteiger partial charge >= 0.3 is 0 Å².